The summed E-state index contributed by atoms with van der Waals surface area (Å²) in [5.41, 5.74) is -1.19. The van der Waals surface area contributed by atoms with E-state index in [2.05, 4.69) is 10.6 Å². The molecule has 0 saturated heterocycles. The van der Waals surface area contributed by atoms with Gasteiger partial charge in [-0.25, -0.2) is 0 Å². The summed E-state index contributed by atoms with van der Waals surface area (Å²) in [5, 5.41) is 14.6. The maximum Gasteiger partial charge on any atom is 0.393 e. The third-order valence-corrected chi connectivity index (χ3v) is 3.97. The average molecular weight is 344 g/mol. The first-order valence-electron chi connectivity index (χ1n) is 7.65. The van der Waals surface area contributed by atoms with Crippen LogP contribution in [0.5, 0.6) is 0 Å². The highest BCUT2D eigenvalue weighted by atomic mass is 19.4. The number of anilines is 1. The SMILES string of the molecule is O=C(NCC1(O)CCCC1)C(=O)Nc1ccccc1CC(F)(F)F. The molecule has 1 aliphatic carbocycles. The Bertz CT molecular complexity index is 611. The highest BCUT2D eigenvalue weighted by molar-refractivity contribution is 6.39. The van der Waals surface area contributed by atoms with Gasteiger partial charge in [0, 0.05) is 12.2 Å². The van der Waals surface area contributed by atoms with Crippen LogP contribution < -0.4 is 10.6 Å². The summed E-state index contributed by atoms with van der Waals surface area (Å²) in [6.07, 6.45) is -2.83. The lowest BCUT2D eigenvalue weighted by Gasteiger charge is -2.22. The fraction of sp³-hybridized carbons (Fsp3) is 0.500. The van der Waals surface area contributed by atoms with Crippen LogP contribution in [0, 0.1) is 0 Å². The van der Waals surface area contributed by atoms with Gasteiger partial charge < -0.3 is 15.7 Å². The molecular weight excluding hydrogens is 325 g/mol. The first kappa shape index (κ1) is 18.3. The number of halogens is 3. The smallest absolute Gasteiger partial charge is 0.388 e. The lowest BCUT2D eigenvalue weighted by molar-refractivity contribution is -0.136. The second-order valence-electron chi connectivity index (χ2n) is 6.02. The minimum Gasteiger partial charge on any atom is -0.388 e. The minimum absolute atomic E-state index is 0.0521. The number of hydrogen-bond donors (Lipinski definition) is 3. The standard InChI is InChI=1S/C16H19F3N2O3/c17-16(18,19)9-11-5-1-2-6-12(11)21-14(23)13(22)20-10-15(24)7-3-4-8-15/h1-2,5-6,24H,3-4,7-10H2,(H,20,22)(H,21,23). The van der Waals surface area contributed by atoms with Gasteiger partial charge in [0.25, 0.3) is 0 Å². The Morgan fingerprint density at radius 3 is 2.38 bits per heavy atom. The lowest BCUT2D eigenvalue weighted by Crippen LogP contribution is -2.44. The van der Waals surface area contributed by atoms with Crippen LogP contribution >= 0.6 is 0 Å². The molecule has 0 aromatic heterocycles. The number of aliphatic hydroxyl groups is 1. The third kappa shape index (κ3) is 5.23. The minimum atomic E-state index is -4.42. The fourth-order valence-corrected chi connectivity index (χ4v) is 2.73. The van der Waals surface area contributed by atoms with Gasteiger partial charge in [-0.1, -0.05) is 31.0 Å². The number of amides is 2. The molecule has 0 bridgehead atoms. The highest BCUT2D eigenvalue weighted by Crippen LogP contribution is 2.28. The Labute approximate surface area is 137 Å². The van der Waals surface area contributed by atoms with Crippen LogP contribution in [0.1, 0.15) is 31.2 Å². The molecule has 0 aliphatic heterocycles. The number of carbonyl (C=O) groups excluding carboxylic acids is 2. The highest BCUT2D eigenvalue weighted by Gasteiger charge is 2.32. The Hall–Kier alpha value is -2.09. The Balaban J connectivity index is 1.95. The van der Waals surface area contributed by atoms with Gasteiger partial charge in [0.15, 0.2) is 0 Å². The van der Waals surface area contributed by atoms with Gasteiger partial charge >= 0.3 is 18.0 Å². The van der Waals surface area contributed by atoms with Crippen LogP contribution in [0.4, 0.5) is 18.9 Å². The van der Waals surface area contributed by atoms with Crippen LogP contribution in [0.2, 0.25) is 0 Å². The molecule has 0 unspecified atom stereocenters. The van der Waals surface area contributed by atoms with Crippen LogP contribution in [0.3, 0.4) is 0 Å². The molecule has 1 fully saturated rings. The van der Waals surface area contributed by atoms with Crippen molar-refractivity contribution in [1.29, 1.82) is 0 Å². The molecule has 1 aromatic carbocycles. The molecule has 1 saturated carbocycles. The second kappa shape index (κ2) is 7.21. The van der Waals surface area contributed by atoms with E-state index in [1.165, 1.54) is 24.3 Å². The second-order valence-corrected chi connectivity index (χ2v) is 6.02. The molecule has 5 nitrogen and oxygen atoms in total. The predicted molar refractivity (Wildman–Crippen MR) is 81.3 cm³/mol. The molecule has 132 valence electrons. The monoisotopic (exact) mass is 344 g/mol. The van der Waals surface area contributed by atoms with Gasteiger partial charge in [0.1, 0.15) is 0 Å². The number of rotatable bonds is 4. The van der Waals surface area contributed by atoms with Gasteiger partial charge in [-0.15, -0.1) is 0 Å². The van der Waals surface area contributed by atoms with Gasteiger partial charge in [-0.2, -0.15) is 13.2 Å². The van der Waals surface area contributed by atoms with E-state index in [0.29, 0.717) is 12.8 Å². The summed E-state index contributed by atoms with van der Waals surface area (Å²) < 4.78 is 37.6. The summed E-state index contributed by atoms with van der Waals surface area (Å²) in [5.74, 6) is -2.05. The molecule has 0 atom stereocenters. The predicted octanol–water partition coefficient (Wildman–Crippen LogP) is 2.15. The van der Waals surface area contributed by atoms with Crippen molar-refractivity contribution in [3.05, 3.63) is 29.8 Å². The van der Waals surface area contributed by atoms with E-state index in [1.54, 1.807) is 0 Å². The van der Waals surface area contributed by atoms with Crippen molar-refractivity contribution in [1.82, 2.24) is 5.32 Å². The Kier molecular flexibility index (Phi) is 5.48. The summed E-state index contributed by atoms with van der Waals surface area (Å²) in [7, 11) is 0. The van der Waals surface area contributed by atoms with E-state index in [0.717, 1.165) is 12.8 Å². The van der Waals surface area contributed by atoms with Crippen LogP contribution in [-0.4, -0.2) is 35.2 Å². The molecule has 0 radical (unpaired) electrons. The average Bonchev–Trinajstić information content (AvgIpc) is 2.92. The van der Waals surface area contributed by atoms with Gasteiger partial charge in [-0.05, 0) is 24.5 Å². The van der Waals surface area contributed by atoms with Crippen molar-refractivity contribution in [2.75, 3.05) is 11.9 Å². The topological polar surface area (TPSA) is 78.4 Å². The lowest BCUT2D eigenvalue weighted by atomic mass is 10.0. The molecule has 0 spiro atoms. The molecule has 24 heavy (non-hydrogen) atoms. The summed E-state index contributed by atoms with van der Waals surface area (Å²) in [6.45, 7) is -0.0521. The van der Waals surface area contributed by atoms with Crippen LogP contribution in [0.25, 0.3) is 0 Å². The van der Waals surface area contributed by atoms with Crippen molar-refractivity contribution in [3.8, 4) is 0 Å². The van der Waals surface area contributed by atoms with Crippen molar-refractivity contribution >= 4 is 17.5 Å². The van der Waals surface area contributed by atoms with E-state index in [1.807, 2.05) is 0 Å². The molecule has 2 amide bonds. The molecule has 3 N–H and O–H groups in total. The van der Waals surface area contributed by atoms with Crippen molar-refractivity contribution in [3.63, 3.8) is 0 Å². The van der Waals surface area contributed by atoms with E-state index in [9.17, 15) is 27.9 Å². The van der Waals surface area contributed by atoms with E-state index < -0.39 is 30.0 Å². The number of para-hydroxylation sites is 1. The van der Waals surface area contributed by atoms with E-state index in [-0.39, 0.29) is 17.8 Å². The molecule has 8 heteroatoms. The first-order valence-corrected chi connectivity index (χ1v) is 7.65. The molecule has 1 aromatic rings. The van der Waals surface area contributed by atoms with Crippen LogP contribution in [0.15, 0.2) is 24.3 Å². The maximum absolute atomic E-state index is 12.5. The normalized spacial score (nSPS) is 16.7. The zero-order valence-corrected chi connectivity index (χ0v) is 12.9. The number of carbonyl (C=O) groups is 2. The summed E-state index contributed by atoms with van der Waals surface area (Å²) in [6, 6.07) is 5.43. The van der Waals surface area contributed by atoms with Gasteiger partial charge in [0.2, 0.25) is 0 Å². The number of hydrogen-bond acceptors (Lipinski definition) is 3. The summed E-state index contributed by atoms with van der Waals surface area (Å²) >= 11 is 0. The molecule has 2 rings (SSSR count). The fourth-order valence-electron chi connectivity index (χ4n) is 2.73. The van der Waals surface area contributed by atoms with Gasteiger partial charge in [-0.3, -0.25) is 9.59 Å². The quantitative estimate of drug-likeness (QED) is 0.733. The van der Waals surface area contributed by atoms with Crippen molar-refractivity contribution in [2.24, 2.45) is 0 Å². The maximum atomic E-state index is 12.5. The van der Waals surface area contributed by atoms with Crippen molar-refractivity contribution < 1.29 is 27.9 Å². The number of alkyl halides is 3. The molecular formula is C16H19F3N2O3. The molecule has 1 aliphatic rings. The Morgan fingerprint density at radius 1 is 1.12 bits per heavy atom. The van der Waals surface area contributed by atoms with Crippen molar-refractivity contribution in [2.45, 2.75) is 43.9 Å². The zero-order chi connectivity index (χ0) is 17.8. The largest absolute Gasteiger partial charge is 0.393 e. The Morgan fingerprint density at radius 2 is 1.75 bits per heavy atom. The van der Waals surface area contributed by atoms with E-state index >= 15 is 0 Å². The zero-order valence-electron chi connectivity index (χ0n) is 12.9. The third-order valence-electron chi connectivity index (χ3n) is 3.97. The van der Waals surface area contributed by atoms with E-state index in [4.69, 9.17) is 0 Å². The van der Waals surface area contributed by atoms with Gasteiger partial charge in [0.05, 0.1) is 12.0 Å². The van der Waals surface area contributed by atoms with Crippen LogP contribution in [-0.2, 0) is 16.0 Å². The number of nitrogens with one attached hydrogen (secondary N) is 2. The first-order chi connectivity index (χ1) is 11.2. The number of benzene rings is 1. The summed E-state index contributed by atoms with van der Waals surface area (Å²) in [4.78, 5) is 23.6. The molecule has 0 heterocycles.